The van der Waals surface area contributed by atoms with E-state index in [9.17, 15) is 12.3 Å². The number of halogens is 1. The molecule has 88 valence electrons. The molecular weight excluding hydrogens is 239 g/mol. The van der Waals surface area contributed by atoms with Gasteiger partial charge in [-0.3, -0.25) is 0 Å². The van der Waals surface area contributed by atoms with E-state index in [0.717, 1.165) is 30.8 Å². The summed E-state index contributed by atoms with van der Waals surface area (Å²) in [6, 6.07) is 0. The van der Waals surface area contributed by atoms with Crippen molar-refractivity contribution in [3.63, 3.8) is 0 Å². The smallest absolute Gasteiger partial charge is 0.304 e. The summed E-state index contributed by atoms with van der Waals surface area (Å²) < 4.78 is 39.4. The van der Waals surface area contributed by atoms with Gasteiger partial charge in [-0.25, -0.2) is 0 Å². The van der Waals surface area contributed by atoms with Gasteiger partial charge in [-0.1, -0.05) is 0 Å². The Balaban J connectivity index is 2.10. The lowest BCUT2D eigenvalue weighted by atomic mass is 9.76. The number of hydrogen-bond donors (Lipinski definition) is 0. The van der Waals surface area contributed by atoms with Gasteiger partial charge in [0.2, 0.25) is 0 Å². The average molecular weight is 254 g/mol. The summed E-state index contributed by atoms with van der Waals surface area (Å²) in [5.41, 5.74) is -0.0651. The number of rotatable bonds is 2. The summed E-state index contributed by atoms with van der Waals surface area (Å²) in [7, 11) is -4.41. The average Bonchev–Trinajstić information content (AvgIpc) is 2.48. The van der Waals surface area contributed by atoms with Crippen molar-refractivity contribution in [3.8, 4) is 0 Å². The number of hydrogen-bond acceptors (Lipinski definition) is 4. The lowest BCUT2D eigenvalue weighted by Crippen LogP contribution is -2.38. The van der Waals surface area contributed by atoms with Crippen LogP contribution in [0.4, 0.5) is 3.89 Å². The van der Waals surface area contributed by atoms with Crippen LogP contribution in [-0.4, -0.2) is 38.4 Å². The Morgan fingerprint density at radius 3 is 2.60 bits per heavy atom. The SMILES string of the molecule is O=S(=O)(F)CC1OCCC12CCSCC2. The van der Waals surface area contributed by atoms with Gasteiger partial charge in [-0.15, -0.1) is 3.89 Å². The molecule has 0 aromatic heterocycles. The highest BCUT2D eigenvalue weighted by molar-refractivity contribution is 7.99. The molecular formula is C9H15FO3S2. The lowest BCUT2D eigenvalue weighted by molar-refractivity contribution is 0.0608. The van der Waals surface area contributed by atoms with Crippen molar-refractivity contribution in [2.45, 2.75) is 25.4 Å². The standard InChI is InChI=1S/C9H15FO3S2/c10-15(11,12)7-8-9(1-4-13-8)2-5-14-6-3-9/h8H,1-7H2. The normalized spacial score (nSPS) is 30.9. The van der Waals surface area contributed by atoms with Crippen LogP contribution in [0.5, 0.6) is 0 Å². The summed E-state index contributed by atoms with van der Waals surface area (Å²) in [5, 5.41) is 0. The van der Waals surface area contributed by atoms with Crippen molar-refractivity contribution >= 4 is 22.0 Å². The molecule has 0 aliphatic carbocycles. The molecule has 0 amide bonds. The molecule has 1 spiro atoms. The van der Waals surface area contributed by atoms with Crippen LogP contribution in [0.3, 0.4) is 0 Å². The van der Waals surface area contributed by atoms with E-state index in [2.05, 4.69) is 0 Å². The third-order valence-electron chi connectivity index (χ3n) is 3.44. The second-order valence-corrected chi connectivity index (χ2v) is 6.93. The molecule has 0 saturated carbocycles. The molecule has 0 aromatic carbocycles. The summed E-state index contributed by atoms with van der Waals surface area (Å²) in [6.07, 6.45) is 2.37. The number of ether oxygens (including phenoxy) is 1. The van der Waals surface area contributed by atoms with Crippen LogP contribution in [-0.2, 0) is 15.0 Å². The maximum absolute atomic E-state index is 12.7. The predicted molar refractivity (Wildman–Crippen MR) is 58.2 cm³/mol. The van der Waals surface area contributed by atoms with Crippen LogP contribution in [0.15, 0.2) is 0 Å². The van der Waals surface area contributed by atoms with Gasteiger partial charge in [-0.05, 0) is 30.8 Å². The van der Waals surface area contributed by atoms with Crippen molar-refractivity contribution < 1.29 is 17.0 Å². The van der Waals surface area contributed by atoms with Crippen LogP contribution in [0.1, 0.15) is 19.3 Å². The first-order valence-corrected chi connectivity index (χ1v) is 7.84. The summed E-state index contributed by atoms with van der Waals surface area (Å²) in [5.74, 6) is 1.61. The van der Waals surface area contributed by atoms with Gasteiger partial charge in [0.15, 0.2) is 0 Å². The van der Waals surface area contributed by atoms with Crippen molar-refractivity contribution in [2.75, 3.05) is 23.9 Å². The third kappa shape index (κ3) is 2.65. The molecule has 1 atom stereocenters. The van der Waals surface area contributed by atoms with Gasteiger partial charge in [0.25, 0.3) is 0 Å². The lowest BCUT2D eigenvalue weighted by Gasteiger charge is -2.36. The van der Waals surface area contributed by atoms with Crippen LogP contribution < -0.4 is 0 Å². The first-order valence-electron chi connectivity index (χ1n) is 5.14. The molecule has 6 heteroatoms. The molecule has 2 heterocycles. The summed E-state index contributed by atoms with van der Waals surface area (Å²) >= 11 is 1.88. The molecule has 1 unspecified atom stereocenters. The molecule has 2 aliphatic rings. The molecule has 0 bridgehead atoms. The Hall–Kier alpha value is 0.190. The zero-order valence-electron chi connectivity index (χ0n) is 8.45. The molecule has 2 fully saturated rings. The fourth-order valence-electron chi connectivity index (χ4n) is 2.50. The van der Waals surface area contributed by atoms with Crippen molar-refractivity contribution in [3.05, 3.63) is 0 Å². The highest BCUT2D eigenvalue weighted by Gasteiger charge is 2.46. The zero-order valence-corrected chi connectivity index (χ0v) is 10.1. The van der Waals surface area contributed by atoms with Gasteiger partial charge in [0, 0.05) is 12.0 Å². The summed E-state index contributed by atoms with van der Waals surface area (Å²) in [6.45, 7) is 0.574. The van der Waals surface area contributed by atoms with E-state index in [1.807, 2.05) is 11.8 Å². The van der Waals surface area contributed by atoms with E-state index >= 15 is 0 Å². The van der Waals surface area contributed by atoms with E-state index in [0.29, 0.717) is 6.61 Å². The molecule has 0 aromatic rings. The van der Waals surface area contributed by atoms with Crippen molar-refractivity contribution in [2.24, 2.45) is 5.41 Å². The largest absolute Gasteiger partial charge is 0.376 e. The van der Waals surface area contributed by atoms with Crippen molar-refractivity contribution in [1.29, 1.82) is 0 Å². The summed E-state index contributed by atoms with van der Waals surface area (Å²) in [4.78, 5) is 0. The fraction of sp³-hybridized carbons (Fsp3) is 1.00. The Morgan fingerprint density at radius 2 is 2.00 bits per heavy atom. The van der Waals surface area contributed by atoms with Crippen LogP contribution >= 0.6 is 11.8 Å². The van der Waals surface area contributed by atoms with Crippen LogP contribution in [0, 0.1) is 5.41 Å². The van der Waals surface area contributed by atoms with E-state index in [1.54, 1.807) is 0 Å². The molecule has 0 N–H and O–H groups in total. The Bertz CT molecular complexity index is 322. The number of thioether (sulfide) groups is 1. The molecule has 3 nitrogen and oxygen atoms in total. The zero-order chi connectivity index (χ0) is 10.9. The fourth-order valence-corrected chi connectivity index (χ4v) is 4.62. The minimum atomic E-state index is -4.41. The van der Waals surface area contributed by atoms with Gasteiger partial charge in [0.1, 0.15) is 5.75 Å². The maximum atomic E-state index is 12.7. The minimum absolute atomic E-state index is 0.0651. The third-order valence-corrected chi connectivity index (χ3v) is 5.13. The molecule has 0 radical (unpaired) electrons. The molecule has 2 aliphatic heterocycles. The van der Waals surface area contributed by atoms with E-state index in [1.165, 1.54) is 0 Å². The van der Waals surface area contributed by atoms with Gasteiger partial charge in [-0.2, -0.15) is 20.2 Å². The van der Waals surface area contributed by atoms with Gasteiger partial charge >= 0.3 is 10.2 Å². The van der Waals surface area contributed by atoms with E-state index < -0.39 is 22.1 Å². The second-order valence-electron chi connectivity index (χ2n) is 4.29. The van der Waals surface area contributed by atoms with Crippen LogP contribution in [0.2, 0.25) is 0 Å². The molecule has 15 heavy (non-hydrogen) atoms. The Kier molecular flexibility index (Phi) is 3.28. The van der Waals surface area contributed by atoms with Gasteiger partial charge < -0.3 is 4.74 Å². The van der Waals surface area contributed by atoms with Crippen molar-refractivity contribution in [1.82, 2.24) is 0 Å². The van der Waals surface area contributed by atoms with Gasteiger partial charge in [0.05, 0.1) is 6.10 Å². The Labute approximate surface area is 94.0 Å². The highest BCUT2D eigenvalue weighted by Crippen LogP contribution is 2.46. The quantitative estimate of drug-likeness (QED) is 0.702. The highest BCUT2D eigenvalue weighted by atomic mass is 32.3. The second kappa shape index (κ2) is 4.22. The molecule has 2 rings (SSSR count). The van der Waals surface area contributed by atoms with E-state index in [4.69, 9.17) is 4.74 Å². The minimum Gasteiger partial charge on any atom is -0.376 e. The first-order chi connectivity index (χ1) is 7.02. The van der Waals surface area contributed by atoms with E-state index in [-0.39, 0.29) is 5.41 Å². The Morgan fingerprint density at radius 1 is 1.33 bits per heavy atom. The predicted octanol–water partition coefficient (Wildman–Crippen LogP) is 1.59. The molecule has 2 saturated heterocycles. The van der Waals surface area contributed by atoms with Crippen LogP contribution in [0.25, 0.3) is 0 Å². The maximum Gasteiger partial charge on any atom is 0.304 e. The first kappa shape index (κ1) is 11.7. The monoisotopic (exact) mass is 254 g/mol. The topological polar surface area (TPSA) is 43.4 Å².